The van der Waals surface area contributed by atoms with Crippen LogP contribution in [0.3, 0.4) is 0 Å². The largest absolute Gasteiger partial charge is 0.508 e. The molecule has 1 aliphatic heterocycles. The molecule has 1 saturated heterocycles. The van der Waals surface area contributed by atoms with Crippen LogP contribution in [0.2, 0.25) is 0 Å². The van der Waals surface area contributed by atoms with E-state index in [1.54, 1.807) is 0 Å². The van der Waals surface area contributed by atoms with Crippen molar-refractivity contribution in [1.29, 1.82) is 0 Å². The molecule has 0 aliphatic carbocycles. The lowest BCUT2D eigenvalue weighted by Crippen LogP contribution is -2.36. The van der Waals surface area contributed by atoms with Crippen LogP contribution < -0.4 is 10.2 Å². The van der Waals surface area contributed by atoms with Gasteiger partial charge in [0.25, 0.3) is 0 Å². The van der Waals surface area contributed by atoms with E-state index in [0.717, 1.165) is 24.3 Å². The van der Waals surface area contributed by atoms with Gasteiger partial charge in [0, 0.05) is 17.7 Å². The van der Waals surface area contributed by atoms with Gasteiger partial charge in [-0.25, -0.2) is 0 Å². The minimum absolute atomic E-state index is 0.0684. The predicted molar refractivity (Wildman–Crippen MR) is 103 cm³/mol. The van der Waals surface area contributed by atoms with Gasteiger partial charge in [0.1, 0.15) is 40.8 Å². The summed E-state index contributed by atoms with van der Waals surface area (Å²) in [5.74, 6) is -2.78. The van der Waals surface area contributed by atoms with Crippen molar-refractivity contribution in [1.82, 2.24) is 0 Å². The summed E-state index contributed by atoms with van der Waals surface area (Å²) in [5.41, 5.74) is -1.04. The quantitative estimate of drug-likeness (QED) is 0.276. The topological polar surface area (TPSA) is 190 Å². The molecule has 11 nitrogen and oxygen atoms in total. The minimum atomic E-state index is -1.62. The number of benzene rings is 2. The molecule has 7 N–H and O–H groups in total. The average molecular weight is 434 g/mol. The fraction of sp³-hybridized carbons (Fsp3) is 0.250. The van der Waals surface area contributed by atoms with Crippen LogP contribution in [0.25, 0.3) is 22.3 Å². The number of ether oxygens (including phenoxy) is 2. The molecular weight excluding hydrogens is 416 g/mol. The molecule has 4 atom stereocenters. The van der Waals surface area contributed by atoms with E-state index in [4.69, 9.17) is 13.9 Å². The van der Waals surface area contributed by atoms with Crippen LogP contribution in [0.5, 0.6) is 28.7 Å². The number of aliphatic hydroxyl groups excluding tert-OH is 3. The molecule has 4 rings (SSSR count). The number of rotatable bonds is 4. The van der Waals surface area contributed by atoms with Crippen LogP contribution in [0.1, 0.15) is 0 Å². The number of aliphatic hydroxyl groups is 3. The first kappa shape index (κ1) is 20.8. The molecule has 0 amide bonds. The Kier molecular flexibility index (Phi) is 5.11. The van der Waals surface area contributed by atoms with E-state index >= 15 is 0 Å². The Hall–Kier alpha value is -3.51. The van der Waals surface area contributed by atoms with Crippen LogP contribution in [0.4, 0.5) is 0 Å². The van der Waals surface area contributed by atoms with Gasteiger partial charge in [0.05, 0.1) is 6.61 Å². The van der Waals surface area contributed by atoms with Gasteiger partial charge in [-0.2, -0.15) is 0 Å². The maximum atomic E-state index is 13.1. The van der Waals surface area contributed by atoms with Gasteiger partial charge in [-0.15, -0.1) is 0 Å². The second kappa shape index (κ2) is 7.63. The molecule has 1 aliphatic rings. The number of fused-ring (bicyclic) bond motifs is 1. The molecule has 0 bridgehead atoms. The molecule has 1 aromatic heterocycles. The third-order valence-corrected chi connectivity index (χ3v) is 4.89. The van der Waals surface area contributed by atoms with Crippen molar-refractivity contribution in [3.63, 3.8) is 0 Å². The number of phenols is 4. The molecule has 2 heterocycles. The lowest BCUT2D eigenvalue weighted by molar-refractivity contribution is -0.117. The fourth-order valence-electron chi connectivity index (χ4n) is 3.31. The molecule has 31 heavy (non-hydrogen) atoms. The number of hydrogen-bond donors (Lipinski definition) is 7. The first-order valence-electron chi connectivity index (χ1n) is 9.05. The van der Waals surface area contributed by atoms with Crippen LogP contribution in [0.15, 0.2) is 39.5 Å². The standard InChI is InChI=1S/C20H18O11/c21-6-13-15(26)17(28)20(30-13)31-19-16(27)14-11(25)4-8(22)5-12(14)29-18(19)7-1-2-9(23)10(24)3-7/h1-5,13,15,17,20-26,28H,6H2/t13-,15+,17-,20+/m0/s1. The van der Waals surface area contributed by atoms with Crippen molar-refractivity contribution in [3.05, 3.63) is 40.6 Å². The van der Waals surface area contributed by atoms with E-state index in [0.29, 0.717) is 0 Å². The summed E-state index contributed by atoms with van der Waals surface area (Å²) < 4.78 is 16.4. The molecule has 3 aromatic rings. The minimum Gasteiger partial charge on any atom is -0.508 e. The monoisotopic (exact) mass is 434 g/mol. The Bertz CT molecular complexity index is 1200. The predicted octanol–water partition coefficient (Wildman–Crippen LogP) is 0.100. The van der Waals surface area contributed by atoms with E-state index < -0.39 is 59.6 Å². The molecule has 0 spiro atoms. The van der Waals surface area contributed by atoms with Crippen molar-refractivity contribution in [2.24, 2.45) is 0 Å². The second-order valence-electron chi connectivity index (χ2n) is 6.96. The zero-order valence-electron chi connectivity index (χ0n) is 15.7. The Morgan fingerprint density at radius 2 is 1.68 bits per heavy atom. The molecule has 164 valence electrons. The second-order valence-corrected chi connectivity index (χ2v) is 6.96. The van der Waals surface area contributed by atoms with E-state index in [2.05, 4.69) is 0 Å². The molecule has 0 saturated carbocycles. The molecule has 1 fully saturated rings. The van der Waals surface area contributed by atoms with Crippen molar-refractivity contribution in [2.75, 3.05) is 6.61 Å². The van der Waals surface area contributed by atoms with E-state index in [-0.39, 0.29) is 28.0 Å². The van der Waals surface area contributed by atoms with Gasteiger partial charge < -0.3 is 49.6 Å². The maximum absolute atomic E-state index is 13.1. The first-order valence-corrected chi connectivity index (χ1v) is 9.05. The average Bonchev–Trinajstić information content (AvgIpc) is 2.99. The van der Waals surface area contributed by atoms with Gasteiger partial charge >= 0.3 is 0 Å². The lowest BCUT2D eigenvalue weighted by Gasteiger charge is -2.19. The van der Waals surface area contributed by atoms with Gasteiger partial charge in [-0.3, -0.25) is 4.79 Å². The molecule has 0 unspecified atom stereocenters. The summed E-state index contributed by atoms with van der Waals surface area (Å²) >= 11 is 0. The molecule has 2 aromatic carbocycles. The van der Waals surface area contributed by atoms with Crippen LogP contribution in [-0.4, -0.2) is 67.0 Å². The zero-order valence-corrected chi connectivity index (χ0v) is 15.7. The highest BCUT2D eigenvalue weighted by Crippen LogP contribution is 2.39. The van der Waals surface area contributed by atoms with Crippen LogP contribution in [-0.2, 0) is 4.74 Å². The van der Waals surface area contributed by atoms with E-state index in [1.807, 2.05) is 0 Å². The van der Waals surface area contributed by atoms with E-state index in [9.17, 15) is 40.5 Å². The summed E-state index contributed by atoms with van der Waals surface area (Å²) in [4.78, 5) is 13.1. The smallest absolute Gasteiger partial charge is 0.239 e. The van der Waals surface area contributed by atoms with Crippen LogP contribution in [0, 0.1) is 0 Å². The van der Waals surface area contributed by atoms with Gasteiger partial charge in [-0.1, -0.05) is 0 Å². The zero-order chi connectivity index (χ0) is 22.4. The van der Waals surface area contributed by atoms with Crippen molar-refractivity contribution < 1.29 is 49.6 Å². The third-order valence-electron chi connectivity index (χ3n) is 4.89. The van der Waals surface area contributed by atoms with Gasteiger partial charge in [0.2, 0.25) is 17.5 Å². The van der Waals surface area contributed by atoms with Gasteiger partial charge in [0.15, 0.2) is 17.3 Å². The highest BCUT2D eigenvalue weighted by Gasteiger charge is 2.44. The van der Waals surface area contributed by atoms with Crippen molar-refractivity contribution >= 4 is 11.0 Å². The lowest BCUT2D eigenvalue weighted by atomic mass is 10.1. The SMILES string of the molecule is O=c1c(O[C@H]2O[C@@H](CO)[C@@H](O)[C@@H]2O)c(-c2ccc(O)c(O)c2)oc2cc(O)cc(O)c12. The number of aromatic hydroxyl groups is 4. The van der Waals surface area contributed by atoms with Crippen LogP contribution >= 0.6 is 0 Å². The molecular formula is C20H18O11. The third kappa shape index (κ3) is 3.49. The summed E-state index contributed by atoms with van der Waals surface area (Å²) in [6.45, 7) is -0.622. The Morgan fingerprint density at radius 3 is 2.32 bits per heavy atom. The number of phenolic OH excluding ortho intramolecular Hbond substituents is 4. The first-order chi connectivity index (χ1) is 14.7. The summed E-state index contributed by atoms with van der Waals surface area (Å²) in [7, 11) is 0. The Labute approximate surface area is 173 Å². The number of hydrogen-bond acceptors (Lipinski definition) is 11. The summed E-state index contributed by atoms with van der Waals surface area (Å²) in [6.07, 6.45) is -5.86. The van der Waals surface area contributed by atoms with Crippen molar-refractivity contribution in [3.8, 4) is 40.1 Å². The van der Waals surface area contributed by atoms with Crippen molar-refractivity contribution in [2.45, 2.75) is 24.6 Å². The molecule has 11 heteroatoms. The molecule has 0 radical (unpaired) electrons. The Balaban J connectivity index is 1.92. The fourth-order valence-corrected chi connectivity index (χ4v) is 3.31. The summed E-state index contributed by atoms with van der Waals surface area (Å²) in [6, 6.07) is 5.50. The normalized spacial score (nSPS) is 23.3. The van der Waals surface area contributed by atoms with Gasteiger partial charge in [-0.05, 0) is 18.2 Å². The Morgan fingerprint density at radius 1 is 0.935 bits per heavy atom. The highest BCUT2D eigenvalue weighted by atomic mass is 16.7. The highest BCUT2D eigenvalue weighted by molar-refractivity contribution is 5.88. The van der Waals surface area contributed by atoms with E-state index in [1.165, 1.54) is 6.07 Å². The maximum Gasteiger partial charge on any atom is 0.239 e. The summed E-state index contributed by atoms with van der Waals surface area (Å²) in [5, 5.41) is 68.3.